The molecule has 0 amide bonds. The summed E-state index contributed by atoms with van der Waals surface area (Å²) in [6, 6.07) is 0. The van der Waals surface area contributed by atoms with Crippen LogP contribution in [0.2, 0.25) is 0 Å². The molecule has 1 aliphatic rings. The van der Waals surface area contributed by atoms with Crippen molar-refractivity contribution in [3.63, 3.8) is 0 Å². The molecule has 1 atom stereocenters. The van der Waals surface area contributed by atoms with Crippen molar-refractivity contribution in [2.24, 2.45) is 5.92 Å². The van der Waals surface area contributed by atoms with Gasteiger partial charge in [0.15, 0.2) is 0 Å². The lowest BCUT2D eigenvalue weighted by Gasteiger charge is -2.00. The van der Waals surface area contributed by atoms with Crippen LogP contribution < -0.4 is 0 Å². The molecule has 1 unspecified atom stereocenters. The van der Waals surface area contributed by atoms with E-state index in [1.54, 1.807) is 0 Å². The molecule has 68 valence electrons. The van der Waals surface area contributed by atoms with Crippen molar-refractivity contribution < 1.29 is 9.53 Å². The number of hydrogen-bond acceptors (Lipinski definition) is 2. The van der Waals surface area contributed by atoms with Gasteiger partial charge in [-0.1, -0.05) is 25.0 Å². The third kappa shape index (κ3) is 2.36. The van der Waals surface area contributed by atoms with E-state index < -0.39 is 0 Å². The molecular formula is C10H16O2. The first-order valence-electron chi connectivity index (χ1n) is 4.66. The summed E-state index contributed by atoms with van der Waals surface area (Å²) < 4.78 is 4.88. The monoisotopic (exact) mass is 168 g/mol. The zero-order chi connectivity index (χ0) is 8.97. The number of carbonyl (C=O) groups excluding carboxylic acids is 1. The van der Waals surface area contributed by atoms with Gasteiger partial charge in [0.05, 0.1) is 12.5 Å². The predicted octanol–water partition coefficient (Wildman–Crippen LogP) is 2.30. The Labute approximate surface area is 73.6 Å². The van der Waals surface area contributed by atoms with Gasteiger partial charge in [-0.3, -0.25) is 4.79 Å². The van der Waals surface area contributed by atoms with Gasteiger partial charge in [-0.25, -0.2) is 0 Å². The summed E-state index contributed by atoms with van der Waals surface area (Å²) in [7, 11) is 0. The summed E-state index contributed by atoms with van der Waals surface area (Å²) in [5.74, 6) is -0.0277. The first kappa shape index (κ1) is 9.30. The van der Waals surface area contributed by atoms with Gasteiger partial charge in [0.2, 0.25) is 0 Å². The Kier molecular flexibility index (Phi) is 3.32. The average molecular weight is 168 g/mol. The van der Waals surface area contributed by atoms with Gasteiger partial charge in [0.1, 0.15) is 0 Å². The summed E-state index contributed by atoms with van der Waals surface area (Å²) in [5, 5.41) is 0. The van der Waals surface area contributed by atoms with Gasteiger partial charge in [-0.15, -0.1) is 0 Å². The van der Waals surface area contributed by atoms with Crippen LogP contribution in [0.5, 0.6) is 0 Å². The lowest BCUT2D eigenvalue weighted by atomic mass is 10.1. The quantitative estimate of drug-likeness (QED) is 0.465. The van der Waals surface area contributed by atoms with Crippen LogP contribution in [0.4, 0.5) is 0 Å². The molecule has 0 fully saturated rings. The van der Waals surface area contributed by atoms with Crippen LogP contribution >= 0.6 is 0 Å². The van der Waals surface area contributed by atoms with Crippen molar-refractivity contribution >= 4 is 5.97 Å². The third-order valence-corrected chi connectivity index (χ3v) is 2.03. The van der Waals surface area contributed by atoms with Crippen LogP contribution in [-0.2, 0) is 9.53 Å². The highest BCUT2D eigenvalue weighted by Crippen LogP contribution is 2.34. The zero-order valence-electron chi connectivity index (χ0n) is 7.80. The van der Waals surface area contributed by atoms with Crippen molar-refractivity contribution in [3.05, 3.63) is 11.6 Å². The summed E-state index contributed by atoms with van der Waals surface area (Å²) in [5.41, 5.74) is 1.27. The lowest BCUT2D eigenvalue weighted by molar-refractivity contribution is -0.144. The minimum absolute atomic E-state index is 0.0384. The minimum atomic E-state index is -0.0661. The predicted molar refractivity (Wildman–Crippen MR) is 47.7 cm³/mol. The Balaban J connectivity index is 2.13. The van der Waals surface area contributed by atoms with Crippen molar-refractivity contribution in [1.82, 2.24) is 0 Å². The zero-order valence-corrected chi connectivity index (χ0v) is 7.80. The van der Waals surface area contributed by atoms with E-state index in [0.717, 1.165) is 6.42 Å². The number of hydrogen-bond donors (Lipinski definition) is 0. The minimum Gasteiger partial charge on any atom is -0.465 e. The second kappa shape index (κ2) is 4.29. The Hall–Kier alpha value is -0.790. The second-order valence-corrected chi connectivity index (χ2v) is 3.07. The molecule has 2 heteroatoms. The van der Waals surface area contributed by atoms with E-state index in [1.807, 2.05) is 13.0 Å². The maximum absolute atomic E-state index is 11.1. The molecule has 0 aromatic heterocycles. The molecule has 0 aromatic rings. The Bertz CT molecular complexity index is 194. The SMILES string of the molecule is CCCCC1=CC1C(=O)OCC. The molecule has 0 bridgehead atoms. The van der Waals surface area contributed by atoms with E-state index in [2.05, 4.69) is 6.92 Å². The highest BCUT2D eigenvalue weighted by molar-refractivity contribution is 5.83. The maximum atomic E-state index is 11.1. The van der Waals surface area contributed by atoms with Crippen LogP contribution in [0.1, 0.15) is 33.1 Å². The smallest absolute Gasteiger partial charge is 0.316 e. The molecule has 0 N–H and O–H groups in total. The normalized spacial score (nSPS) is 20.2. The standard InChI is InChI=1S/C10H16O2/c1-3-5-6-8-7-9(8)10(11)12-4-2/h7,9H,3-6H2,1-2H3. The first-order valence-corrected chi connectivity index (χ1v) is 4.66. The fraction of sp³-hybridized carbons (Fsp3) is 0.700. The van der Waals surface area contributed by atoms with Crippen molar-refractivity contribution in [1.29, 1.82) is 0 Å². The maximum Gasteiger partial charge on any atom is 0.316 e. The summed E-state index contributed by atoms with van der Waals surface area (Å²) in [6.45, 7) is 4.48. The molecule has 0 spiro atoms. The van der Waals surface area contributed by atoms with Crippen LogP contribution in [0.15, 0.2) is 11.6 Å². The van der Waals surface area contributed by atoms with E-state index in [-0.39, 0.29) is 11.9 Å². The number of rotatable bonds is 5. The molecule has 0 saturated carbocycles. The third-order valence-electron chi connectivity index (χ3n) is 2.03. The molecule has 0 radical (unpaired) electrons. The lowest BCUT2D eigenvalue weighted by Crippen LogP contribution is -2.08. The largest absolute Gasteiger partial charge is 0.465 e. The molecule has 1 aliphatic carbocycles. The van der Waals surface area contributed by atoms with E-state index >= 15 is 0 Å². The number of unbranched alkanes of at least 4 members (excludes halogenated alkanes) is 1. The highest BCUT2D eigenvalue weighted by atomic mass is 16.5. The molecule has 12 heavy (non-hydrogen) atoms. The van der Waals surface area contributed by atoms with Crippen molar-refractivity contribution in [2.45, 2.75) is 33.1 Å². The average Bonchev–Trinajstić information content (AvgIpc) is 2.80. The van der Waals surface area contributed by atoms with Crippen molar-refractivity contribution in [2.75, 3.05) is 6.61 Å². The van der Waals surface area contributed by atoms with Crippen LogP contribution in [0.25, 0.3) is 0 Å². The van der Waals surface area contributed by atoms with Gasteiger partial charge in [-0.2, -0.15) is 0 Å². The fourth-order valence-corrected chi connectivity index (χ4v) is 1.24. The highest BCUT2D eigenvalue weighted by Gasteiger charge is 2.32. The summed E-state index contributed by atoms with van der Waals surface area (Å²) >= 11 is 0. The van der Waals surface area contributed by atoms with Gasteiger partial charge >= 0.3 is 5.97 Å². The molecule has 0 saturated heterocycles. The van der Waals surface area contributed by atoms with Gasteiger partial charge in [0, 0.05) is 0 Å². The molecule has 0 aromatic carbocycles. The molecular weight excluding hydrogens is 152 g/mol. The van der Waals surface area contributed by atoms with E-state index in [0.29, 0.717) is 6.61 Å². The summed E-state index contributed by atoms with van der Waals surface area (Å²) in [6.07, 6.45) is 5.45. The van der Waals surface area contributed by atoms with Gasteiger partial charge < -0.3 is 4.74 Å². The van der Waals surface area contributed by atoms with E-state index in [1.165, 1.54) is 18.4 Å². The Morgan fingerprint density at radius 2 is 2.33 bits per heavy atom. The molecule has 0 heterocycles. The summed E-state index contributed by atoms with van der Waals surface area (Å²) in [4.78, 5) is 11.1. The molecule has 1 rings (SSSR count). The number of carbonyl (C=O) groups is 1. The molecule has 2 nitrogen and oxygen atoms in total. The van der Waals surface area contributed by atoms with Crippen molar-refractivity contribution in [3.8, 4) is 0 Å². The number of ether oxygens (including phenoxy) is 1. The first-order chi connectivity index (χ1) is 5.79. The van der Waals surface area contributed by atoms with Gasteiger partial charge in [0.25, 0.3) is 0 Å². The topological polar surface area (TPSA) is 26.3 Å². The van der Waals surface area contributed by atoms with E-state index in [9.17, 15) is 4.79 Å². The van der Waals surface area contributed by atoms with Crippen LogP contribution in [0, 0.1) is 5.92 Å². The fourth-order valence-electron chi connectivity index (χ4n) is 1.24. The number of esters is 1. The van der Waals surface area contributed by atoms with Crippen LogP contribution in [0.3, 0.4) is 0 Å². The Morgan fingerprint density at radius 3 is 2.92 bits per heavy atom. The second-order valence-electron chi connectivity index (χ2n) is 3.07. The Morgan fingerprint density at radius 1 is 1.58 bits per heavy atom. The molecule has 0 aliphatic heterocycles. The van der Waals surface area contributed by atoms with E-state index in [4.69, 9.17) is 4.74 Å². The van der Waals surface area contributed by atoms with Gasteiger partial charge in [-0.05, 0) is 19.8 Å². The van der Waals surface area contributed by atoms with Crippen LogP contribution in [-0.4, -0.2) is 12.6 Å².